The van der Waals surface area contributed by atoms with Crippen molar-refractivity contribution in [2.24, 2.45) is 0 Å². The maximum absolute atomic E-state index is 11.6. The van der Waals surface area contributed by atoms with E-state index in [1.165, 1.54) is 0 Å². The fourth-order valence-electron chi connectivity index (χ4n) is 0.933. The molecular formula is C9H19F3N2O2. The first kappa shape index (κ1) is 15.6. The first-order chi connectivity index (χ1) is 7.56. The van der Waals surface area contributed by atoms with Gasteiger partial charge in [0, 0.05) is 33.3 Å². The molecule has 0 aromatic carbocycles. The summed E-state index contributed by atoms with van der Waals surface area (Å²) in [5.41, 5.74) is 0. The van der Waals surface area contributed by atoms with Crippen LogP contribution in [0, 0.1) is 0 Å². The molecule has 0 amide bonds. The number of halogens is 3. The van der Waals surface area contributed by atoms with E-state index in [1.807, 2.05) is 0 Å². The van der Waals surface area contributed by atoms with E-state index in [0.717, 1.165) is 13.1 Å². The van der Waals surface area contributed by atoms with E-state index >= 15 is 0 Å². The molecule has 0 saturated carbocycles. The fraction of sp³-hybridized carbons (Fsp3) is 1.00. The van der Waals surface area contributed by atoms with E-state index < -0.39 is 12.8 Å². The predicted molar refractivity (Wildman–Crippen MR) is 54.5 cm³/mol. The van der Waals surface area contributed by atoms with Gasteiger partial charge in [-0.1, -0.05) is 0 Å². The number of nitrogens with one attached hydrogen (secondary N) is 2. The second kappa shape index (κ2) is 9.83. The third-order valence-corrected chi connectivity index (χ3v) is 1.65. The number of ether oxygens (including phenoxy) is 2. The van der Waals surface area contributed by atoms with Crippen LogP contribution in [-0.2, 0) is 9.47 Å². The lowest BCUT2D eigenvalue weighted by atomic mass is 10.5. The van der Waals surface area contributed by atoms with Gasteiger partial charge in [0.1, 0.15) is 6.61 Å². The summed E-state index contributed by atoms with van der Waals surface area (Å²) in [5.74, 6) is 0. The average Bonchev–Trinajstić information content (AvgIpc) is 2.19. The Morgan fingerprint density at radius 3 is 2.00 bits per heavy atom. The number of rotatable bonds is 10. The molecule has 0 fully saturated rings. The van der Waals surface area contributed by atoms with Crippen molar-refractivity contribution in [3.05, 3.63) is 0 Å². The van der Waals surface area contributed by atoms with Crippen molar-refractivity contribution < 1.29 is 22.6 Å². The molecule has 16 heavy (non-hydrogen) atoms. The second-order valence-corrected chi connectivity index (χ2v) is 3.16. The molecule has 0 heterocycles. The Kier molecular flexibility index (Phi) is 9.60. The van der Waals surface area contributed by atoms with E-state index in [-0.39, 0.29) is 6.61 Å². The third kappa shape index (κ3) is 13.6. The van der Waals surface area contributed by atoms with Gasteiger partial charge in [-0.15, -0.1) is 0 Å². The molecular weight excluding hydrogens is 225 g/mol. The molecule has 0 saturated heterocycles. The van der Waals surface area contributed by atoms with Gasteiger partial charge in [0.2, 0.25) is 0 Å². The molecule has 0 aliphatic heterocycles. The summed E-state index contributed by atoms with van der Waals surface area (Å²) in [5, 5.41) is 6.05. The van der Waals surface area contributed by atoms with Crippen LogP contribution in [0.4, 0.5) is 13.2 Å². The quantitative estimate of drug-likeness (QED) is 0.546. The highest BCUT2D eigenvalue weighted by Gasteiger charge is 2.27. The number of hydrogen-bond acceptors (Lipinski definition) is 4. The van der Waals surface area contributed by atoms with Crippen LogP contribution in [0.25, 0.3) is 0 Å². The topological polar surface area (TPSA) is 42.5 Å². The predicted octanol–water partition coefficient (Wildman–Crippen LogP) is 0.391. The van der Waals surface area contributed by atoms with Crippen molar-refractivity contribution in [3.63, 3.8) is 0 Å². The van der Waals surface area contributed by atoms with Gasteiger partial charge < -0.3 is 20.1 Å². The average molecular weight is 244 g/mol. The Hall–Kier alpha value is -0.370. The standard InChI is InChI=1S/C9H19F3N2O2/c1-15-6-4-13-2-3-14-5-7-16-8-9(10,11)12/h13-14H,2-8H2,1H3. The summed E-state index contributed by atoms with van der Waals surface area (Å²) in [6, 6.07) is 0. The van der Waals surface area contributed by atoms with Gasteiger partial charge >= 0.3 is 6.18 Å². The molecule has 0 radical (unpaired) electrons. The minimum absolute atomic E-state index is 0.0670. The maximum atomic E-state index is 11.6. The zero-order chi connectivity index (χ0) is 12.3. The lowest BCUT2D eigenvalue weighted by Gasteiger charge is -2.08. The Morgan fingerprint density at radius 2 is 1.50 bits per heavy atom. The number of methoxy groups -OCH3 is 1. The van der Waals surface area contributed by atoms with E-state index in [4.69, 9.17) is 4.74 Å². The lowest BCUT2D eigenvalue weighted by Crippen LogP contribution is -2.31. The molecule has 0 aromatic rings. The van der Waals surface area contributed by atoms with Crippen LogP contribution in [0.1, 0.15) is 0 Å². The van der Waals surface area contributed by atoms with Crippen LogP contribution < -0.4 is 10.6 Å². The molecule has 0 aliphatic rings. The summed E-state index contributed by atoms with van der Waals surface area (Å²) in [6.45, 7) is 2.17. The highest BCUT2D eigenvalue weighted by molar-refractivity contribution is 4.52. The van der Waals surface area contributed by atoms with Crippen molar-refractivity contribution in [2.75, 3.05) is 53.1 Å². The minimum atomic E-state index is -4.23. The van der Waals surface area contributed by atoms with Gasteiger partial charge in [0.25, 0.3) is 0 Å². The number of hydrogen-bond donors (Lipinski definition) is 2. The van der Waals surface area contributed by atoms with Crippen molar-refractivity contribution in [1.82, 2.24) is 10.6 Å². The third-order valence-electron chi connectivity index (χ3n) is 1.65. The second-order valence-electron chi connectivity index (χ2n) is 3.16. The van der Waals surface area contributed by atoms with Crippen molar-refractivity contribution in [2.45, 2.75) is 6.18 Å². The SMILES string of the molecule is COCCNCCNCCOCC(F)(F)F. The Bertz CT molecular complexity index is 156. The summed E-state index contributed by atoms with van der Waals surface area (Å²) < 4.78 is 44.1. The molecule has 7 heteroatoms. The van der Waals surface area contributed by atoms with Crippen LogP contribution in [0.5, 0.6) is 0 Å². The van der Waals surface area contributed by atoms with Gasteiger partial charge in [-0.3, -0.25) is 0 Å². The lowest BCUT2D eigenvalue weighted by molar-refractivity contribution is -0.173. The zero-order valence-electron chi connectivity index (χ0n) is 9.40. The van der Waals surface area contributed by atoms with Gasteiger partial charge in [0.15, 0.2) is 0 Å². The van der Waals surface area contributed by atoms with Crippen molar-refractivity contribution >= 4 is 0 Å². The molecule has 0 aromatic heterocycles. The van der Waals surface area contributed by atoms with Crippen LogP contribution in [0.3, 0.4) is 0 Å². The molecule has 98 valence electrons. The van der Waals surface area contributed by atoms with Crippen LogP contribution in [-0.4, -0.2) is 59.3 Å². The van der Waals surface area contributed by atoms with E-state index in [2.05, 4.69) is 15.4 Å². The molecule has 2 N–H and O–H groups in total. The van der Waals surface area contributed by atoms with E-state index in [1.54, 1.807) is 7.11 Å². The first-order valence-corrected chi connectivity index (χ1v) is 5.11. The van der Waals surface area contributed by atoms with Crippen molar-refractivity contribution in [3.8, 4) is 0 Å². The first-order valence-electron chi connectivity index (χ1n) is 5.11. The van der Waals surface area contributed by atoms with Crippen molar-refractivity contribution in [1.29, 1.82) is 0 Å². The summed E-state index contributed by atoms with van der Waals surface area (Å²) in [4.78, 5) is 0. The molecule has 0 spiro atoms. The van der Waals surface area contributed by atoms with Gasteiger partial charge in [-0.25, -0.2) is 0 Å². The fourth-order valence-corrected chi connectivity index (χ4v) is 0.933. The highest BCUT2D eigenvalue weighted by atomic mass is 19.4. The number of alkyl halides is 3. The maximum Gasteiger partial charge on any atom is 0.411 e. The van der Waals surface area contributed by atoms with Crippen LogP contribution >= 0.6 is 0 Å². The molecule has 0 unspecified atom stereocenters. The summed E-state index contributed by atoms with van der Waals surface area (Å²) >= 11 is 0. The molecule has 0 rings (SSSR count). The summed E-state index contributed by atoms with van der Waals surface area (Å²) in [7, 11) is 1.62. The largest absolute Gasteiger partial charge is 0.411 e. The molecule has 0 aliphatic carbocycles. The summed E-state index contributed by atoms with van der Waals surface area (Å²) in [6.07, 6.45) is -4.23. The van der Waals surface area contributed by atoms with Gasteiger partial charge in [-0.05, 0) is 0 Å². The van der Waals surface area contributed by atoms with Gasteiger partial charge in [-0.2, -0.15) is 13.2 Å². The monoisotopic (exact) mass is 244 g/mol. The molecule has 4 nitrogen and oxygen atoms in total. The van der Waals surface area contributed by atoms with E-state index in [0.29, 0.717) is 19.7 Å². The zero-order valence-corrected chi connectivity index (χ0v) is 9.40. The normalized spacial score (nSPS) is 12.0. The molecule has 0 bridgehead atoms. The van der Waals surface area contributed by atoms with E-state index in [9.17, 15) is 13.2 Å². The van der Waals surface area contributed by atoms with Crippen LogP contribution in [0.2, 0.25) is 0 Å². The highest BCUT2D eigenvalue weighted by Crippen LogP contribution is 2.13. The minimum Gasteiger partial charge on any atom is -0.383 e. The Labute approximate surface area is 93.5 Å². The smallest absolute Gasteiger partial charge is 0.383 e. The van der Waals surface area contributed by atoms with Gasteiger partial charge in [0.05, 0.1) is 13.2 Å². The Morgan fingerprint density at radius 1 is 0.938 bits per heavy atom. The molecule has 0 atom stereocenters. The Balaban J connectivity index is 2.99. The van der Waals surface area contributed by atoms with Crippen LogP contribution in [0.15, 0.2) is 0 Å².